The van der Waals surface area contributed by atoms with Crippen molar-refractivity contribution in [3.8, 4) is 12.3 Å². The molecule has 0 bridgehead atoms. The van der Waals surface area contributed by atoms with Crippen molar-refractivity contribution in [3.63, 3.8) is 0 Å². The number of rotatable bonds is 9. The molecule has 15 heteroatoms. The van der Waals surface area contributed by atoms with Crippen molar-refractivity contribution in [1.29, 1.82) is 0 Å². The summed E-state index contributed by atoms with van der Waals surface area (Å²) in [6.45, 7) is 1.04. The van der Waals surface area contributed by atoms with Crippen LogP contribution in [0.25, 0.3) is 10.9 Å². The summed E-state index contributed by atoms with van der Waals surface area (Å²) >= 11 is 7.04. The lowest BCUT2D eigenvalue weighted by atomic mass is 9.94. The third-order valence-electron chi connectivity index (χ3n) is 5.61. The van der Waals surface area contributed by atoms with Crippen LogP contribution in [0, 0.1) is 12.3 Å². The highest BCUT2D eigenvalue weighted by Gasteiger charge is 2.23. The Bertz CT molecular complexity index is 1360. The first-order valence-corrected chi connectivity index (χ1v) is 14.3. The number of aryl methyl sites for hydroxylation is 1. The molecule has 0 aliphatic heterocycles. The van der Waals surface area contributed by atoms with Crippen LogP contribution in [-0.2, 0) is 29.0 Å². The largest absolute Gasteiger partial charge is 0.673 e. The first-order valence-electron chi connectivity index (χ1n) is 12.0. The number of terminal acetylenes is 1. The van der Waals surface area contributed by atoms with Crippen LogP contribution in [0.1, 0.15) is 36.9 Å². The molecule has 2 aromatic heterocycles. The van der Waals surface area contributed by atoms with Gasteiger partial charge in [0.05, 0.1) is 0 Å². The molecule has 0 saturated carbocycles. The lowest BCUT2D eigenvalue weighted by Crippen LogP contribution is -2.41. The highest BCUT2D eigenvalue weighted by atomic mass is 32.2. The van der Waals surface area contributed by atoms with Crippen LogP contribution in [0.3, 0.4) is 0 Å². The van der Waals surface area contributed by atoms with Crippen molar-refractivity contribution >= 4 is 71.4 Å². The summed E-state index contributed by atoms with van der Waals surface area (Å²) in [6, 6.07) is 8.10. The van der Waals surface area contributed by atoms with Gasteiger partial charge in [0.1, 0.15) is 0 Å². The summed E-state index contributed by atoms with van der Waals surface area (Å²) in [4.78, 5) is 24.5. The lowest BCUT2D eigenvalue weighted by molar-refractivity contribution is -0.667. The number of carbonyl (C=O) groups is 2. The fraction of sp³-hybridized carbons (Fsp3) is 0.375. The van der Waals surface area contributed by atoms with Gasteiger partial charge in [-0.2, -0.15) is 4.57 Å². The molecule has 0 spiro atoms. The number of carbonyl (C=O) groups excluding carboxylic acids is 2. The Kier molecular flexibility index (Phi) is 11.4. The van der Waals surface area contributed by atoms with Gasteiger partial charge in [-0.3, -0.25) is 9.59 Å². The Hall–Kier alpha value is -2.83. The van der Waals surface area contributed by atoms with Crippen LogP contribution in [-0.4, -0.2) is 41.6 Å². The Balaban J connectivity index is 0.000000771. The van der Waals surface area contributed by atoms with Crippen molar-refractivity contribution < 1.29 is 31.4 Å². The maximum absolute atomic E-state index is 12.4. The van der Waals surface area contributed by atoms with E-state index in [0.717, 1.165) is 33.8 Å². The summed E-state index contributed by atoms with van der Waals surface area (Å²) in [7, 11) is -6.00. The van der Waals surface area contributed by atoms with E-state index in [-0.39, 0.29) is 24.7 Å². The number of pyridine rings is 1. The first-order chi connectivity index (χ1) is 18.5. The van der Waals surface area contributed by atoms with Crippen LogP contribution in [0.2, 0.25) is 0 Å². The average molecular weight is 600 g/mol. The number of thioether (sulfide) groups is 1. The van der Waals surface area contributed by atoms with Crippen LogP contribution in [0.15, 0.2) is 32.9 Å². The van der Waals surface area contributed by atoms with Gasteiger partial charge < -0.3 is 27.9 Å². The second-order valence-corrected chi connectivity index (χ2v) is 11.5. The molecular formula is C24H26BF4N5O2S3. The van der Waals surface area contributed by atoms with Gasteiger partial charge in [-0.1, -0.05) is 23.1 Å². The normalized spacial score (nSPS) is 12.6. The minimum atomic E-state index is -6.00. The van der Waals surface area contributed by atoms with E-state index in [2.05, 4.69) is 50.0 Å². The minimum absolute atomic E-state index is 0.123. The molecular weight excluding hydrogens is 573 g/mol. The first kappa shape index (κ1) is 30.7. The van der Waals surface area contributed by atoms with Crippen molar-refractivity contribution in [2.45, 2.75) is 53.7 Å². The van der Waals surface area contributed by atoms with Gasteiger partial charge in [-0.05, 0) is 43.4 Å². The minimum Gasteiger partial charge on any atom is -0.418 e. The highest BCUT2D eigenvalue weighted by Crippen LogP contribution is 2.25. The monoisotopic (exact) mass is 599 g/mol. The summed E-state index contributed by atoms with van der Waals surface area (Å²) in [6.07, 6.45) is 10.4. The van der Waals surface area contributed by atoms with Crippen LogP contribution in [0.5, 0.6) is 0 Å². The van der Waals surface area contributed by atoms with E-state index in [4.69, 9.17) is 6.42 Å². The Morgan fingerprint density at radius 3 is 2.54 bits per heavy atom. The van der Waals surface area contributed by atoms with Gasteiger partial charge >= 0.3 is 7.25 Å². The topological polar surface area (TPSA) is 87.9 Å². The number of halogens is 4. The van der Waals surface area contributed by atoms with E-state index in [1.807, 2.05) is 18.2 Å². The number of hydrogen-bond acceptors (Lipinski definition) is 7. The Morgan fingerprint density at radius 1 is 1.13 bits per heavy atom. The van der Waals surface area contributed by atoms with Gasteiger partial charge in [0.2, 0.25) is 23.9 Å². The van der Waals surface area contributed by atoms with Crippen molar-refractivity contribution in [1.82, 2.24) is 15.5 Å². The second kappa shape index (κ2) is 14.5. The fourth-order valence-electron chi connectivity index (χ4n) is 4.10. The summed E-state index contributed by atoms with van der Waals surface area (Å²) in [5, 5.41) is 14.6. The molecule has 0 saturated heterocycles. The highest BCUT2D eigenvalue weighted by molar-refractivity contribution is 8.01. The van der Waals surface area contributed by atoms with Crippen LogP contribution >= 0.6 is 35.7 Å². The summed E-state index contributed by atoms with van der Waals surface area (Å²) < 4.78 is 42.7. The predicted molar refractivity (Wildman–Crippen MR) is 149 cm³/mol. The zero-order chi connectivity index (χ0) is 28.4. The molecule has 39 heavy (non-hydrogen) atoms. The number of benzene rings is 1. The molecule has 1 aromatic carbocycles. The van der Waals surface area contributed by atoms with Gasteiger partial charge in [-0.25, -0.2) is 0 Å². The second-order valence-electron chi connectivity index (χ2n) is 8.48. The van der Waals surface area contributed by atoms with Crippen molar-refractivity contribution in [2.24, 2.45) is 0 Å². The number of anilines is 1. The number of thiol groups is 1. The molecule has 208 valence electrons. The maximum atomic E-state index is 12.4. The van der Waals surface area contributed by atoms with E-state index in [9.17, 15) is 26.9 Å². The standard InChI is InChI=1S/C24H25N5O2S3.BF4/c1-2-12-29-19-6-4-3-5-16(19)14-17-15-18(7-8-20(17)29)26-22(31)10-9-21(30)25-11-13-33-24-28-27-23(32)34-24;2-1(3,4)5/h1,7-8,14-15H,3-6,9-13H2,(H2-,25,26,27,30,31,32);/q;-1/p+1. The molecule has 2 heterocycles. The van der Waals surface area contributed by atoms with Crippen molar-refractivity contribution in [2.75, 3.05) is 17.6 Å². The van der Waals surface area contributed by atoms with Crippen LogP contribution in [0.4, 0.5) is 23.0 Å². The number of nitrogens with zero attached hydrogens (tertiary/aromatic N) is 3. The molecule has 2 N–H and O–H groups in total. The third kappa shape index (κ3) is 10.3. The molecule has 7 nitrogen and oxygen atoms in total. The van der Waals surface area contributed by atoms with E-state index >= 15 is 0 Å². The van der Waals surface area contributed by atoms with E-state index in [1.165, 1.54) is 47.2 Å². The number of amides is 2. The maximum Gasteiger partial charge on any atom is 0.673 e. The number of nitrogens with one attached hydrogen (secondary N) is 2. The molecule has 1 aliphatic rings. The van der Waals surface area contributed by atoms with Gasteiger partial charge in [-0.15, -0.1) is 29.2 Å². The molecule has 0 atom stereocenters. The fourth-order valence-corrected chi connectivity index (χ4v) is 6.11. The van der Waals surface area contributed by atoms with Crippen molar-refractivity contribution in [3.05, 3.63) is 35.5 Å². The summed E-state index contributed by atoms with van der Waals surface area (Å²) in [5.74, 6) is 3.12. The smallest absolute Gasteiger partial charge is 0.418 e. The quantitative estimate of drug-likeness (QED) is 0.0632. The molecule has 0 unspecified atom stereocenters. The van der Waals surface area contributed by atoms with E-state index < -0.39 is 7.25 Å². The molecule has 3 aromatic rings. The van der Waals surface area contributed by atoms with E-state index in [0.29, 0.717) is 23.2 Å². The molecule has 0 fully saturated rings. The molecule has 4 rings (SSSR count). The number of fused-ring (bicyclic) bond motifs is 2. The SMILES string of the molecule is C#CC[n+]1c2c(cc3cc(NC(=O)CCC(=O)NCCSc4nnc(S)s4)ccc31)CCCC2.F[B-](F)(F)F. The predicted octanol–water partition coefficient (Wildman–Crippen LogP) is 4.71. The Morgan fingerprint density at radius 2 is 1.85 bits per heavy atom. The zero-order valence-corrected chi connectivity index (χ0v) is 23.3. The van der Waals surface area contributed by atoms with Gasteiger partial charge in [0.15, 0.2) is 14.4 Å². The summed E-state index contributed by atoms with van der Waals surface area (Å²) in [5.41, 5.74) is 4.46. The van der Waals surface area contributed by atoms with Gasteiger partial charge in [0, 0.05) is 54.3 Å². The number of hydrogen-bond donors (Lipinski definition) is 3. The van der Waals surface area contributed by atoms with Gasteiger partial charge in [0.25, 0.3) is 0 Å². The Labute approximate surface area is 237 Å². The lowest BCUT2D eigenvalue weighted by Gasteiger charge is -2.16. The van der Waals surface area contributed by atoms with Crippen LogP contribution < -0.4 is 15.2 Å². The third-order valence-corrected chi connectivity index (χ3v) is 7.84. The number of aromatic nitrogens is 3. The molecule has 2 amide bonds. The molecule has 0 radical (unpaired) electrons. The van der Waals surface area contributed by atoms with E-state index in [1.54, 1.807) is 0 Å². The average Bonchev–Trinajstić information content (AvgIpc) is 3.29. The zero-order valence-electron chi connectivity index (χ0n) is 20.8. The molecule has 1 aliphatic carbocycles.